The van der Waals surface area contributed by atoms with Gasteiger partial charge < -0.3 is 20.1 Å². The Hall–Kier alpha value is -2.95. The molecular formula is C25H33N3O6S. The Bertz CT molecular complexity index is 1130. The van der Waals surface area contributed by atoms with Crippen LogP contribution >= 0.6 is 0 Å². The average molecular weight is 504 g/mol. The molecule has 0 unspecified atom stereocenters. The van der Waals surface area contributed by atoms with Crippen LogP contribution in [0.3, 0.4) is 0 Å². The van der Waals surface area contributed by atoms with Crippen molar-refractivity contribution in [1.82, 2.24) is 9.62 Å². The van der Waals surface area contributed by atoms with Crippen LogP contribution in [0.1, 0.15) is 41.6 Å². The molecule has 3 rings (SSSR count). The van der Waals surface area contributed by atoms with Crippen LogP contribution in [0, 0.1) is 0 Å². The molecule has 0 radical (unpaired) electrons. The topological polar surface area (TPSA) is 114 Å². The van der Waals surface area contributed by atoms with Crippen LogP contribution in [0.5, 0.6) is 5.75 Å². The molecule has 0 aliphatic carbocycles. The van der Waals surface area contributed by atoms with E-state index in [2.05, 4.69) is 10.6 Å². The monoisotopic (exact) mass is 503 g/mol. The number of nitrogens with one attached hydrogen (secondary N) is 2. The minimum atomic E-state index is -3.60. The fourth-order valence-electron chi connectivity index (χ4n) is 3.98. The number of carbonyl (C=O) groups is 2. The van der Waals surface area contributed by atoms with E-state index in [1.165, 1.54) is 11.4 Å². The molecule has 1 aliphatic heterocycles. The summed E-state index contributed by atoms with van der Waals surface area (Å²) < 4.78 is 38.0. The largest absolute Gasteiger partial charge is 0.496 e. The molecule has 35 heavy (non-hydrogen) atoms. The summed E-state index contributed by atoms with van der Waals surface area (Å²) in [4.78, 5) is 25.4. The maximum atomic E-state index is 13.1. The Kier molecular flexibility index (Phi) is 9.64. The van der Waals surface area contributed by atoms with Crippen LogP contribution in [-0.2, 0) is 26.0 Å². The van der Waals surface area contributed by atoms with Crippen LogP contribution in [0.2, 0.25) is 0 Å². The van der Waals surface area contributed by atoms with Crippen molar-refractivity contribution in [1.29, 1.82) is 0 Å². The summed E-state index contributed by atoms with van der Waals surface area (Å²) in [6, 6.07) is 11.5. The van der Waals surface area contributed by atoms with E-state index >= 15 is 0 Å². The van der Waals surface area contributed by atoms with E-state index in [-0.39, 0.29) is 29.6 Å². The van der Waals surface area contributed by atoms with Gasteiger partial charge in [-0.05, 0) is 55.2 Å². The number of sulfonamides is 1. The number of carbonyl (C=O) groups excluding carboxylic acids is 2. The second-order valence-electron chi connectivity index (χ2n) is 8.28. The first kappa shape index (κ1) is 26.7. The third-order valence-electron chi connectivity index (χ3n) is 5.86. The van der Waals surface area contributed by atoms with Gasteiger partial charge in [-0.25, -0.2) is 8.42 Å². The summed E-state index contributed by atoms with van der Waals surface area (Å²) >= 11 is 0. The third kappa shape index (κ3) is 7.03. The van der Waals surface area contributed by atoms with E-state index in [1.54, 1.807) is 49.6 Å². The number of aryl methyl sites for hydroxylation is 1. The number of methoxy groups -OCH3 is 2. The van der Waals surface area contributed by atoms with E-state index in [1.807, 2.05) is 0 Å². The molecular weight excluding hydrogens is 470 g/mol. The highest BCUT2D eigenvalue weighted by Gasteiger charge is 2.26. The fraction of sp³-hybridized carbons (Fsp3) is 0.440. The fourth-order valence-corrected chi connectivity index (χ4v) is 5.55. The van der Waals surface area contributed by atoms with Gasteiger partial charge >= 0.3 is 0 Å². The van der Waals surface area contributed by atoms with E-state index < -0.39 is 10.0 Å². The van der Waals surface area contributed by atoms with E-state index in [4.69, 9.17) is 9.47 Å². The highest BCUT2D eigenvalue weighted by atomic mass is 32.2. The summed E-state index contributed by atoms with van der Waals surface area (Å²) in [7, 11) is -0.538. The number of ether oxygens (including phenoxy) is 2. The maximum absolute atomic E-state index is 13.1. The molecule has 0 spiro atoms. The van der Waals surface area contributed by atoms with Gasteiger partial charge in [0, 0.05) is 33.2 Å². The zero-order valence-corrected chi connectivity index (χ0v) is 21.0. The number of benzene rings is 2. The number of rotatable bonds is 11. The molecule has 190 valence electrons. The van der Waals surface area contributed by atoms with Gasteiger partial charge in [-0.1, -0.05) is 18.6 Å². The van der Waals surface area contributed by atoms with Gasteiger partial charge in [0.05, 0.1) is 29.9 Å². The second-order valence-corrected chi connectivity index (χ2v) is 10.2. The van der Waals surface area contributed by atoms with Crippen molar-refractivity contribution in [2.45, 2.75) is 37.0 Å². The minimum absolute atomic E-state index is 0.0865. The van der Waals surface area contributed by atoms with Gasteiger partial charge in [-0.2, -0.15) is 4.31 Å². The highest BCUT2D eigenvalue weighted by Crippen LogP contribution is 2.27. The second kappa shape index (κ2) is 12.7. The summed E-state index contributed by atoms with van der Waals surface area (Å²) in [5, 5.41) is 5.53. The molecule has 1 heterocycles. The predicted molar refractivity (Wildman–Crippen MR) is 133 cm³/mol. The minimum Gasteiger partial charge on any atom is -0.496 e. The van der Waals surface area contributed by atoms with Gasteiger partial charge in [0.25, 0.3) is 5.91 Å². The first-order chi connectivity index (χ1) is 16.9. The Morgan fingerprint density at radius 3 is 2.49 bits per heavy atom. The lowest BCUT2D eigenvalue weighted by atomic mass is 10.1. The number of piperidine rings is 1. The molecule has 0 saturated carbocycles. The van der Waals surface area contributed by atoms with E-state index in [0.29, 0.717) is 48.8 Å². The molecule has 2 aromatic carbocycles. The Morgan fingerprint density at radius 1 is 1.03 bits per heavy atom. The molecule has 2 amide bonds. The van der Waals surface area contributed by atoms with Gasteiger partial charge in [0.15, 0.2) is 0 Å². The maximum Gasteiger partial charge on any atom is 0.253 e. The number of para-hydroxylation sites is 1. The summed E-state index contributed by atoms with van der Waals surface area (Å²) in [5.41, 5.74) is 1.39. The van der Waals surface area contributed by atoms with Crippen molar-refractivity contribution >= 4 is 27.5 Å². The first-order valence-electron chi connectivity index (χ1n) is 11.7. The number of amides is 2. The number of hydrogen-bond acceptors (Lipinski definition) is 6. The van der Waals surface area contributed by atoms with Gasteiger partial charge in [0.1, 0.15) is 5.75 Å². The SMILES string of the molecule is COCCNC(=O)c1ccccc1NC(=O)CCc1cc(S(=O)(=O)N2CCCCC2)ccc1OC. The number of nitrogens with zero attached hydrogens (tertiary/aromatic N) is 1. The van der Waals surface area contributed by atoms with E-state index in [0.717, 1.165) is 19.3 Å². The van der Waals surface area contributed by atoms with Crippen molar-refractivity contribution in [3.63, 3.8) is 0 Å². The Balaban J connectivity index is 1.69. The first-order valence-corrected chi connectivity index (χ1v) is 13.1. The van der Waals surface area contributed by atoms with Gasteiger partial charge in [0.2, 0.25) is 15.9 Å². The molecule has 9 nitrogen and oxygen atoms in total. The van der Waals surface area contributed by atoms with Gasteiger partial charge in [-0.3, -0.25) is 9.59 Å². The molecule has 2 aromatic rings. The quantitative estimate of drug-likeness (QED) is 0.456. The molecule has 2 N–H and O–H groups in total. The molecule has 0 aromatic heterocycles. The van der Waals surface area contributed by atoms with Crippen molar-refractivity contribution in [3.8, 4) is 5.75 Å². The highest BCUT2D eigenvalue weighted by molar-refractivity contribution is 7.89. The van der Waals surface area contributed by atoms with Crippen LogP contribution in [0.25, 0.3) is 0 Å². The van der Waals surface area contributed by atoms with Crippen molar-refractivity contribution in [3.05, 3.63) is 53.6 Å². The van der Waals surface area contributed by atoms with Crippen LogP contribution in [0.15, 0.2) is 47.4 Å². The normalized spacial score (nSPS) is 14.3. The third-order valence-corrected chi connectivity index (χ3v) is 7.76. The standard InChI is InChI=1S/C25H33N3O6S/c1-33-17-14-26-25(30)21-8-4-5-9-22(21)27-24(29)13-10-19-18-20(11-12-23(19)34-2)35(31,32)28-15-6-3-7-16-28/h4-5,8-9,11-12,18H,3,6-7,10,13-17H2,1-2H3,(H,26,30)(H,27,29). The molecule has 0 bridgehead atoms. The van der Waals surface area contributed by atoms with E-state index in [9.17, 15) is 18.0 Å². The molecule has 10 heteroatoms. The zero-order valence-electron chi connectivity index (χ0n) is 20.2. The molecule has 1 aliphatic rings. The van der Waals surface area contributed by atoms with Crippen LogP contribution in [0.4, 0.5) is 5.69 Å². The van der Waals surface area contributed by atoms with Crippen LogP contribution < -0.4 is 15.4 Å². The molecule has 1 fully saturated rings. The Morgan fingerprint density at radius 2 is 1.77 bits per heavy atom. The smallest absolute Gasteiger partial charge is 0.253 e. The summed E-state index contributed by atoms with van der Waals surface area (Å²) in [6.45, 7) is 1.78. The lowest BCUT2D eigenvalue weighted by Crippen LogP contribution is -2.35. The Labute approximate surface area is 206 Å². The summed E-state index contributed by atoms with van der Waals surface area (Å²) in [6.07, 6.45) is 3.11. The van der Waals surface area contributed by atoms with Gasteiger partial charge in [-0.15, -0.1) is 0 Å². The number of hydrogen-bond donors (Lipinski definition) is 2. The predicted octanol–water partition coefficient (Wildman–Crippen LogP) is 2.82. The van der Waals surface area contributed by atoms with Crippen molar-refractivity contribution in [2.75, 3.05) is 45.8 Å². The summed E-state index contributed by atoms with van der Waals surface area (Å²) in [5.74, 6) is -0.0861. The lowest BCUT2D eigenvalue weighted by molar-refractivity contribution is -0.116. The van der Waals surface area contributed by atoms with Crippen molar-refractivity contribution < 1.29 is 27.5 Å². The zero-order chi connectivity index (χ0) is 25.3. The molecule has 0 atom stereocenters. The van der Waals surface area contributed by atoms with Crippen molar-refractivity contribution in [2.24, 2.45) is 0 Å². The average Bonchev–Trinajstić information content (AvgIpc) is 2.88. The molecule has 1 saturated heterocycles. The lowest BCUT2D eigenvalue weighted by Gasteiger charge is -2.26. The number of anilines is 1. The van der Waals surface area contributed by atoms with Crippen LogP contribution in [-0.4, -0.2) is 65.0 Å².